The number of non-ortho nitro benzene ring substituents is 2. The molecule has 1 amide bonds. The number of nitro groups is 2. The molecule has 0 saturated carbocycles. The average Bonchev–Trinajstić information content (AvgIpc) is 2.38. The second-order valence-corrected chi connectivity index (χ2v) is 4.42. The van der Waals surface area contributed by atoms with Crippen LogP contribution >= 0.6 is 0 Å². The predicted molar refractivity (Wildman–Crippen MR) is 71.6 cm³/mol. The van der Waals surface area contributed by atoms with Crippen LogP contribution in [0.5, 0.6) is 0 Å². The highest BCUT2D eigenvalue weighted by atomic mass is 16.6. The summed E-state index contributed by atoms with van der Waals surface area (Å²) in [6.07, 6.45) is 1.62. The Morgan fingerprint density at radius 2 is 1.70 bits per heavy atom. The van der Waals surface area contributed by atoms with Gasteiger partial charge in [-0.15, -0.1) is 0 Å². The molecule has 1 rings (SSSR count). The van der Waals surface area contributed by atoms with Gasteiger partial charge in [0.2, 0.25) is 0 Å². The fourth-order valence-electron chi connectivity index (χ4n) is 1.75. The van der Waals surface area contributed by atoms with Crippen molar-refractivity contribution in [2.24, 2.45) is 0 Å². The maximum absolute atomic E-state index is 11.9. The van der Waals surface area contributed by atoms with Crippen LogP contribution in [-0.2, 0) is 0 Å². The van der Waals surface area contributed by atoms with Gasteiger partial charge in [0, 0.05) is 18.2 Å². The zero-order valence-electron chi connectivity index (χ0n) is 11.2. The van der Waals surface area contributed by atoms with E-state index in [1.54, 1.807) is 6.92 Å². The first-order chi connectivity index (χ1) is 9.35. The van der Waals surface area contributed by atoms with Crippen molar-refractivity contribution in [3.8, 4) is 0 Å². The van der Waals surface area contributed by atoms with Crippen LogP contribution in [0.1, 0.15) is 37.0 Å². The van der Waals surface area contributed by atoms with Crippen molar-refractivity contribution in [1.82, 2.24) is 5.32 Å². The average molecular weight is 281 g/mol. The normalized spacial score (nSPS) is 11.7. The molecule has 0 saturated heterocycles. The van der Waals surface area contributed by atoms with Crippen molar-refractivity contribution >= 4 is 17.3 Å². The second-order valence-electron chi connectivity index (χ2n) is 4.42. The van der Waals surface area contributed by atoms with Crippen molar-refractivity contribution in [1.29, 1.82) is 0 Å². The fraction of sp³-hybridized carbons (Fsp3) is 0.417. The van der Waals surface area contributed by atoms with Crippen LogP contribution in [0, 0.1) is 20.2 Å². The van der Waals surface area contributed by atoms with E-state index in [1.807, 2.05) is 6.92 Å². The summed E-state index contributed by atoms with van der Waals surface area (Å²) in [7, 11) is 0. The van der Waals surface area contributed by atoms with Gasteiger partial charge >= 0.3 is 0 Å². The van der Waals surface area contributed by atoms with Gasteiger partial charge in [-0.05, 0) is 13.3 Å². The summed E-state index contributed by atoms with van der Waals surface area (Å²) in [4.78, 5) is 31.8. The minimum absolute atomic E-state index is 0.0890. The molecule has 8 nitrogen and oxygen atoms in total. The monoisotopic (exact) mass is 281 g/mol. The van der Waals surface area contributed by atoms with E-state index >= 15 is 0 Å². The number of hydrogen-bond donors (Lipinski definition) is 1. The Labute approximate surface area is 115 Å². The summed E-state index contributed by atoms with van der Waals surface area (Å²) < 4.78 is 0. The summed E-state index contributed by atoms with van der Waals surface area (Å²) >= 11 is 0. The number of nitrogens with zero attached hydrogens (tertiary/aromatic N) is 2. The van der Waals surface area contributed by atoms with E-state index in [2.05, 4.69) is 5.32 Å². The molecule has 0 radical (unpaired) electrons. The quantitative estimate of drug-likeness (QED) is 0.635. The molecule has 0 heterocycles. The van der Waals surface area contributed by atoms with Gasteiger partial charge in [-0.3, -0.25) is 25.0 Å². The van der Waals surface area contributed by atoms with E-state index < -0.39 is 27.1 Å². The molecule has 0 fully saturated rings. The van der Waals surface area contributed by atoms with Crippen molar-refractivity contribution in [2.75, 3.05) is 0 Å². The van der Waals surface area contributed by atoms with Gasteiger partial charge in [-0.1, -0.05) is 13.3 Å². The number of hydrogen-bond acceptors (Lipinski definition) is 5. The lowest BCUT2D eigenvalue weighted by Gasteiger charge is -2.12. The number of carbonyl (C=O) groups excluding carboxylic acids is 1. The highest BCUT2D eigenvalue weighted by molar-refractivity contribution is 5.95. The lowest BCUT2D eigenvalue weighted by molar-refractivity contribution is -0.394. The Hall–Kier alpha value is -2.51. The smallest absolute Gasteiger partial charge is 0.277 e. The van der Waals surface area contributed by atoms with Crippen molar-refractivity contribution in [2.45, 2.75) is 32.7 Å². The molecule has 0 aliphatic carbocycles. The van der Waals surface area contributed by atoms with E-state index in [9.17, 15) is 25.0 Å². The molecule has 8 heteroatoms. The summed E-state index contributed by atoms with van der Waals surface area (Å²) in [6.45, 7) is 3.76. The van der Waals surface area contributed by atoms with E-state index in [0.717, 1.165) is 31.0 Å². The molecule has 1 N–H and O–H groups in total. The van der Waals surface area contributed by atoms with Gasteiger partial charge in [0.15, 0.2) is 0 Å². The molecule has 0 bridgehead atoms. The van der Waals surface area contributed by atoms with Crippen LogP contribution in [0.3, 0.4) is 0 Å². The third-order valence-electron chi connectivity index (χ3n) is 2.69. The summed E-state index contributed by atoms with van der Waals surface area (Å²) in [6, 6.07) is 2.78. The largest absolute Gasteiger partial charge is 0.350 e. The summed E-state index contributed by atoms with van der Waals surface area (Å²) in [5.74, 6) is -0.558. The molecule has 0 spiro atoms. The molecule has 0 aliphatic heterocycles. The molecule has 0 aromatic heterocycles. The summed E-state index contributed by atoms with van der Waals surface area (Å²) in [5.41, 5.74) is -1.05. The minimum Gasteiger partial charge on any atom is -0.350 e. The number of nitrogens with one attached hydrogen (secondary N) is 1. The molecule has 1 aromatic rings. The van der Waals surface area contributed by atoms with Crippen molar-refractivity contribution < 1.29 is 14.6 Å². The van der Waals surface area contributed by atoms with Gasteiger partial charge in [0.25, 0.3) is 17.3 Å². The van der Waals surface area contributed by atoms with E-state index in [4.69, 9.17) is 0 Å². The van der Waals surface area contributed by atoms with Gasteiger partial charge in [0.05, 0.1) is 21.5 Å². The van der Waals surface area contributed by atoms with Gasteiger partial charge < -0.3 is 5.32 Å². The lowest BCUT2D eigenvalue weighted by atomic mass is 10.1. The van der Waals surface area contributed by atoms with Crippen molar-refractivity contribution in [3.63, 3.8) is 0 Å². The zero-order valence-corrected chi connectivity index (χ0v) is 11.2. The maximum atomic E-state index is 11.9. The zero-order chi connectivity index (χ0) is 15.3. The Morgan fingerprint density at radius 1 is 1.20 bits per heavy atom. The molecule has 0 aliphatic rings. The number of amides is 1. The number of nitro benzene ring substituents is 2. The number of carbonyl (C=O) groups is 1. The van der Waals surface area contributed by atoms with Crippen LogP contribution in [-0.4, -0.2) is 21.8 Å². The molecular formula is C12H15N3O5. The Morgan fingerprint density at radius 3 is 2.10 bits per heavy atom. The molecule has 108 valence electrons. The van der Waals surface area contributed by atoms with Crippen LogP contribution in [0.2, 0.25) is 0 Å². The fourth-order valence-corrected chi connectivity index (χ4v) is 1.75. The van der Waals surface area contributed by atoms with Crippen molar-refractivity contribution in [3.05, 3.63) is 44.0 Å². The lowest BCUT2D eigenvalue weighted by Crippen LogP contribution is -2.32. The predicted octanol–water partition coefficient (Wildman–Crippen LogP) is 2.42. The Bertz CT molecular complexity index is 512. The van der Waals surface area contributed by atoms with Crippen LogP contribution in [0.15, 0.2) is 18.2 Å². The number of rotatable bonds is 6. The Balaban J connectivity index is 3.07. The highest BCUT2D eigenvalue weighted by Gasteiger charge is 2.20. The minimum atomic E-state index is -0.765. The molecule has 1 atom stereocenters. The van der Waals surface area contributed by atoms with E-state index in [0.29, 0.717) is 0 Å². The first-order valence-electron chi connectivity index (χ1n) is 6.10. The molecular weight excluding hydrogens is 266 g/mol. The third kappa shape index (κ3) is 4.01. The van der Waals surface area contributed by atoms with Crippen LogP contribution in [0.4, 0.5) is 11.4 Å². The molecule has 1 aromatic carbocycles. The van der Waals surface area contributed by atoms with Gasteiger partial charge in [-0.2, -0.15) is 0 Å². The maximum Gasteiger partial charge on any atom is 0.277 e. The highest BCUT2D eigenvalue weighted by Crippen LogP contribution is 2.22. The van der Waals surface area contributed by atoms with E-state index in [1.165, 1.54) is 0 Å². The molecule has 1 unspecified atom stereocenters. The third-order valence-corrected chi connectivity index (χ3v) is 2.69. The van der Waals surface area contributed by atoms with Gasteiger partial charge in [-0.25, -0.2) is 0 Å². The standard InChI is InChI=1S/C12H15N3O5/c1-3-4-8(2)13-12(16)9-5-10(14(17)18)7-11(6-9)15(19)20/h5-8H,3-4H2,1-2H3,(H,13,16). The topological polar surface area (TPSA) is 115 Å². The van der Waals surface area contributed by atoms with Crippen LogP contribution < -0.4 is 5.32 Å². The Kier molecular flexibility index (Phi) is 5.13. The summed E-state index contributed by atoms with van der Waals surface area (Å²) in [5, 5.41) is 24.1. The van der Waals surface area contributed by atoms with E-state index in [-0.39, 0.29) is 11.6 Å². The van der Waals surface area contributed by atoms with Gasteiger partial charge in [0.1, 0.15) is 0 Å². The molecule has 20 heavy (non-hydrogen) atoms. The number of benzene rings is 1. The second kappa shape index (κ2) is 6.60. The van der Waals surface area contributed by atoms with Crippen LogP contribution in [0.25, 0.3) is 0 Å². The first-order valence-corrected chi connectivity index (χ1v) is 6.10. The first kappa shape index (κ1) is 15.5. The SMILES string of the molecule is CCCC(C)NC(=O)c1cc([N+](=O)[O-])cc([N+](=O)[O-])c1.